The monoisotopic (exact) mass is 462 g/mol. The number of hydrogen-bond donors (Lipinski definition) is 7. The molecule has 0 saturated carbocycles. The molecule has 1 atom stereocenters. The van der Waals surface area contributed by atoms with Gasteiger partial charge in [0.2, 0.25) is 0 Å². The number of carboxylic acids is 2. The van der Waals surface area contributed by atoms with E-state index in [-0.39, 0.29) is 32.7 Å². The number of aliphatic hydroxyl groups excluding tert-OH is 5. The van der Waals surface area contributed by atoms with E-state index < -0.39 is 36.1 Å². The third-order valence-corrected chi connectivity index (χ3v) is 3.27. The van der Waals surface area contributed by atoms with Crippen LogP contribution in [0.5, 0.6) is 0 Å². The van der Waals surface area contributed by atoms with E-state index in [1.165, 1.54) is 6.92 Å². The van der Waals surface area contributed by atoms with Gasteiger partial charge in [-0.25, -0.2) is 9.59 Å². The van der Waals surface area contributed by atoms with Crippen LogP contribution in [0.4, 0.5) is 0 Å². The average molecular weight is 462 g/mol. The molecule has 7 N–H and O–H groups in total. The Labute approximate surface area is 184 Å². The molecule has 32 heavy (non-hydrogen) atoms. The fraction of sp³-hybridized carbons (Fsp3) is 0.500. The summed E-state index contributed by atoms with van der Waals surface area (Å²) < 4.78 is 4.35. The van der Waals surface area contributed by atoms with Crippen molar-refractivity contribution in [2.75, 3.05) is 19.8 Å². The number of carboxylic acid groups (broad SMARTS) is 2. The van der Waals surface area contributed by atoms with Crippen LogP contribution in [0.1, 0.15) is 53.3 Å². The Bertz CT molecular complexity index is 649. The molecule has 0 radical (unpaired) electrons. The topological polar surface area (TPSA) is 219 Å². The SMILES string of the molecule is CC(O)CO.O=C(O)CCCCC(=O)O.O=C1OC(=O)c2ccccc21.OCC(O)CO. The molecule has 1 aromatic rings. The van der Waals surface area contributed by atoms with Gasteiger partial charge in [-0.2, -0.15) is 0 Å². The number of aliphatic carboxylic acids is 2. The van der Waals surface area contributed by atoms with E-state index in [0.29, 0.717) is 24.0 Å². The Morgan fingerprint density at radius 1 is 0.812 bits per heavy atom. The summed E-state index contributed by atoms with van der Waals surface area (Å²) in [6.07, 6.45) is -0.496. The van der Waals surface area contributed by atoms with Gasteiger partial charge in [0.15, 0.2) is 0 Å². The number of rotatable bonds is 8. The van der Waals surface area contributed by atoms with Gasteiger partial charge in [-0.05, 0) is 31.9 Å². The van der Waals surface area contributed by atoms with Crippen molar-refractivity contribution in [1.29, 1.82) is 0 Å². The fourth-order valence-corrected chi connectivity index (χ4v) is 1.64. The van der Waals surface area contributed by atoms with Crippen molar-refractivity contribution in [3.8, 4) is 0 Å². The van der Waals surface area contributed by atoms with Crippen LogP contribution < -0.4 is 0 Å². The molecule has 0 saturated heterocycles. The standard InChI is InChI=1S/C8H4O3.C6H10O4.C3H8O3.C3H8O2/c9-7-5-3-1-2-4-6(5)8(10)11-7;7-5(8)3-1-2-4-6(9)10;4-1-3(6)2-5;1-3(5)2-4/h1-4H;1-4H2,(H,7,8)(H,9,10);3-6H,1-2H2;3-5H,2H2,1H3. The maximum absolute atomic E-state index is 10.8. The second-order valence-corrected chi connectivity index (χ2v) is 6.27. The number of cyclic esters (lactones) is 2. The van der Waals surface area contributed by atoms with Crippen LogP contribution in [0, 0.1) is 0 Å². The van der Waals surface area contributed by atoms with E-state index in [1.54, 1.807) is 24.3 Å². The third kappa shape index (κ3) is 16.8. The van der Waals surface area contributed by atoms with Crippen molar-refractivity contribution in [2.45, 2.75) is 44.8 Å². The van der Waals surface area contributed by atoms with E-state index in [2.05, 4.69) is 4.74 Å². The first kappa shape index (κ1) is 31.3. The van der Waals surface area contributed by atoms with Crippen molar-refractivity contribution in [1.82, 2.24) is 0 Å². The number of unbranched alkanes of at least 4 members (excludes halogenated alkanes) is 1. The summed E-state index contributed by atoms with van der Waals surface area (Å²) in [6, 6.07) is 6.53. The molecule has 182 valence electrons. The summed E-state index contributed by atoms with van der Waals surface area (Å²) in [4.78, 5) is 41.5. The van der Waals surface area contributed by atoms with Gasteiger partial charge in [-0.3, -0.25) is 9.59 Å². The van der Waals surface area contributed by atoms with Crippen LogP contribution in [-0.4, -0.2) is 91.7 Å². The van der Waals surface area contributed by atoms with E-state index in [1.807, 2.05) is 0 Å². The third-order valence-electron chi connectivity index (χ3n) is 3.27. The highest BCUT2D eigenvalue weighted by Crippen LogP contribution is 2.18. The summed E-state index contributed by atoms with van der Waals surface area (Å²) >= 11 is 0. The average Bonchev–Trinajstić information content (AvgIpc) is 3.05. The maximum Gasteiger partial charge on any atom is 0.346 e. The van der Waals surface area contributed by atoms with Crippen molar-refractivity contribution in [2.24, 2.45) is 0 Å². The quantitative estimate of drug-likeness (QED) is 0.146. The van der Waals surface area contributed by atoms with Crippen molar-refractivity contribution in [3.05, 3.63) is 35.4 Å². The smallest absolute Gasteiger partial charge is 0.346 e. The lowest BCUT2D eigenvalue weighted by atomic mass is 10.1. The zero-order chi connectivity index (χ0) is 25.1. The molecule has 1 unspecified atom stereocenters. The molecule has 0 spiro atoms. The Balaban J connectivity index is 0. The van der Waals surface area contributed by atoms with Gasteiger partial charge in [-0.1, -0.05) is 12.1 Å². The van der Waals surface area contributed by atoms with Crippen LogP contribution in [0.25, 0.3) is 0 Å². The zero-order valence-corrected chi connectivity index (χ0v) is 17.6. The Kier molecular flexibility index (Phi) is 18.4. The highest BCUT2D eigenvalue weighted by Gasteiger charge is 2.28. The largest absolute Gasteiger partial charge is 0.481 e. The molecular weight excluding hydrogens is 432 g/mol. The van der Waals surface area contributed by atoms with E-state index in [4.69, 9.17) is 35.7 Å². The summed E-state index contributed by atoms with van der Waals surface area (Å²) in [6.45, 7) is 0.660. The van der Waals surface area contributed by atoms with Gasteiger partial charge in [0.1, 0.15) is 6.10 Å². The number of carbonyl (C=O) groups excluding carboxylic acids is 2. The first-order valence-corrected chi connectivity index (χ1v) is 9.47. The summed E-state index contributed by atoms with van der Waals surface area (Å²) in [5, 5.41) is 56.3. The molecule has 0 aliphatic carbocycles. The van der Waals surface area contributed by atoms with Gasteiger partial charge in [0, 0.05) is 12.8 Å². The second kappa shape index (κ2) is 18.8. The van der Waals surface area contributed by atoms with Crippen LogP contribution >= 0.6 is 0 Å². The van der Waals surface area contributed by atoms with Crippen LogP contribution in [-0.2, 0) is 14.3 Å². The highest BCUT2D eigenvalue weighted by molar-refractivity contribution is 6.14. The molecule has 0 fully saturated rings. The number of fused-ring (bicyclic) bond motifs is 1. The number of benzene rings is 1. The van der Waals surface area contributed by atoms with Gasteiger partial charge in [-0.15, -0.1) is 0 Å². The molecule has 12 nitrogen and oxygen atoms in total. The minimum absolute atomic E-state index is 0.0628. The molecule has 0 aromatic heterocycles. The second-order valence-electron chi connectivity index (χ2n) is 6.27. The number of hydrogen-bond acceptors (Lipinski definition) is 10. The maximum atomic E-state index is 10.8. The highest BCUT2D eigenvalue weighted by atomic mass is 16.6. The molecule has 0 bridgehead atoms. The number of esters is 2. The molecule has 12 heteroatoms. The lowest BCUT2D eigenvalue weighted by Crippen LogP contribution is -2.15. The molecule has 1 aliphatic rings. The minimum Gasteiger partial charge on any atom is -0.481 e. The molecule has 2 rings (SSSR count). The normalized spacial score (nSPS) is 12.1. The number of aliphatic hydroxyl groups is 5. The van der Waals surface area contributed by atoms with Crippen LogP contribution in [0.2, 0.25) is 0 Å². The van der Waals surface area contributed by atoms with Crippen molar-refractivity contribution >= 4 is 23.9 Å². The first-order valence-electron chi connectivity index (χ1n) is 9.47. The van der Waals surface area contributed by atoms with Crippen LogP contribution in [0.15, 0.2) is 24.3 Å². The lowest BCUT2D eigenvalue weighted by molar-refractivity contribution is -0.139. The predicted octanol–water partition coefficient (Wildman–Crippen LogP) is -0.595. The van der Waals surface area contributed by atoms with Gasteiger partial charge >= 0.3 is 23.9 Å². The van der Waals surface area contributed by atoms with Gasteiger partial charge < -0.3 is 40.5 Å². The molecule has 1 aliphatic heterocycles. The van der Waals surface area contributed by atoms with Crippen LogP contribution in [0.3, 0.4) is 0 Å². The number of carbonyl (C=O) groups is 4. The Hall–Kier alpha value is -2.90. The first-order chi connectivity index (χ1) is 15.0. The summed E-state index contributed by atoms with van der Waals surface area (Å²) in [7, 11) is 0. The van der Waals surface area contributed by atoms with E-state index in [9.17, 15) is 19.2 Å². The van der Waals surface area contributed by atoms with Crippen molar-refractivity contribution in [3.63, 3.8) is 0 Å². The molecule has 1 aromatic carbocycles. The molecule has 0 amide bonds. The summed E-state index contributed by atoms with van der Waals surface area (Å²) in [5.74, 6) is -2.84. The van der Waals surface area contributed by atoms with Gasteiger partial charge in [0.25, 0.3) is 0 Å². The Morgan fingerprint density at radius 3 is 1.38 bits per heavy atom. The predicted molar refractivity (Wildman–Crippen MR) is 109 cm³/mol. The lowest BCUT2D eigenvalue weighted by Gasteiger charge is -1.96. The minimum atomic E-state index is -0.954. The molecular formula is C20H30O12. The fourth-order valence-electron chi connectivity index (χ4n) is 1.64. The van der Waals surface area contributed by atoms with E-state index in [0.717, 1.165) is 0 Å². The molecule has 1 heterocycles. The zero-order valence-electron chi connectivity index (χ0n) is 17.6. The summed E-state index contributed by atoms with van der Waals surface area (Å²) in [5.41, 5.74) is 0.718. The Morgan fingerprint density at radius 2 is 1.16 bits per heavy atom. The van der Waals surface area contributed by atoms with E-state index >= 15 is 0 Å². The van der Waals surface area contributed by atoms with Gasteiger partial charge in [0.05, 0.1) is 37.1 Å². The van der Waals surface area contributed by atoms with Crippen molar-refractivity contribution < 1.29 is 59.7 Å². The number of ether oxygens (including phenoxy) is 1.